The van der Waals surface area contributed by atoms with Crippen molar-refractivity contribution in [3.63, 3.8) is 0 Å². The Morgan fingerprint density at radius 3 is 2.86 bits per heavy atom. The van der Waals surface area contributed by atoms with Crippen LogP contribution in [0.15, 0.2) is 22.8 Å². The minimum absolute atomic E-state index is 0.307. The molecule has 0 spiro atoms. The van der Waals surface area contributed by atoms with Crippen LogP contribution < -0.4 is 5.32 Å². The van der Waals surface area contributed by atoms with Gasteiger partial charge >= 0.3 is 0 Å². The lowest BCUT2D eigenvalue weighted by molar-refractivity contribution is 0.396. The van der Waals surface area contributed by atoms with Gasteiger partial charge in [0.05, 0.1) is 12.3 Å². The summed E-state index contributed by atoms with van der Waals surface area (Å²) in [6.45, 7) is 4.35. The predicted octanol–water partition coefficient (Wildman–Crippen LogP) is 3.07. The molecule has 3 heteroatoms. The van der Waals surface area contributed by atoms with Crippen molar-refractivity contribution >= 4 is 11.8 Å². The maximum atomic E-state index is 5.35. The van der Waals surface area contributed by atoms with Crippen LogP contribution in [0.25, 0.3) is 0 Å². The molecule has 1 aromatic heterocycles. The summed E-state index contributed by atoms with van der Waals surface area (Å²) in [6.07, 6.45) is 5.02. The molecule has 1 aromatic rings. The Labute approximate surface area is 90.5 Å². The Morgan fingerprint density at radius 2 is 2.36 bits per heavy atom. The maximum absolute atomic E-state index is 5.35. The van der Waals surface area contributed by atoms with E-state index in [1.807, 2.05) is 23.9 Å². The molecule has 0 radical (unpaired) electrons. The van der Waals surface area contributed by atoms with Crippen molar-refractivity contribution in [3.8, 4) is 0 Å². The van der Waals surface area contributed by atoms with Crippen LogP contribution in [-0.2, 0) is 0 Å². The zero-order valence-electron chi connectivity index (χ0n) is 9.12. The lowest BCUT2D eigenvalue weighted by Gasteiger charge is -2.20. The summed E-state index contributed by atoms with van der Waals surface area (Å²) < 4.78 is 5.35. The molecule has 2 unspecified atom stereocenters. The van der Waals surface area contributed by atoms with Crippen molar-refractivity contribution in [2.75, 3.05) is 12.0 Å². The van der Waals surface area contributed by atoms with Crippen LogP contribution >= 0.6 is 11.8 Å². The second kappa shape index (κ2) is 6.14. The van der Waals surface area contributed by atoms with Crippen LogP contribution in [-0.4, -0.2) is 18.1 Å². The number of hydrogen-bond acceptors (Lipinski definition) is 3. The van der Waals surface area contributed by atoms with E-state index in [2.05, 4.69) is 25.4 Å². The third-order valence-corrected chi connectivity index (χ3v) is 3.05. The number of rotatable bonds is 6. The van der Waals surface area contributed by atoms with Crippen molar-refractivity contribution in [1.82, 2.24) is 5.32 Å². The van der Waals surface area contributed by atoms with Gasteiger partial charge in [-0.3, -0.25) is 0 Å². The minimum Gasteiger partial charge on any atom is -0.468 e. The number of furan rings is 1. The van der Waals surface area contributed by atoms with E-state index in [1.165, 1.54) is 0 Å². The molecule has 0 aliphatic rings. The minimum atomic E-state index is 0.307. The van der Waals surface area contributed by atoms with E-state index >= 15 is 0 Å². The molecule has 1 N–H and O–H groups in total. The van der Waals surface area contributed by atoms with E-state index in [4.69, 9.17) is 4.42 Å². The summed E-state index contributed by atoms with van der Waals surface area (Å²) in [7, 11) is 0. The Bertz CT molecular complexity index is 235. The first kappa shape index (κ1) is 11.7. The summed E-state index contributed by atoms with van der Waals surface area (Å²) in [6, 6.07) is 4.83. The van der Waals surface area contributed by atoms with Gasteiger partial charge in [-0.2, -0.15) is 11.8 Å². The lowest BCUT2D eigenvalue weighted by Crippen LogP contribution is -2.32. The van der Waals surface area contributed by atoms with Crippen molar-refractivity contribution in [1.29, 1.82) is 0 Å². The predicted molar refractivity (Wildman–Crippen MR) is 62.7 cm³/mol. The maximum Gasteiger partial charge on any atom is 0.120 e. The van der Waals surface area contributed by atoms with E-state index in [9.17, 15) is 0 Å². The molecule has 2 atom stereocenters. The van der Waals surface area contributed by atoms with Gasteiger partial charge in [-0.05, 0) is 31.7 Å². The van der Waals surface area contributed by atoms with Gasteiger partial charge in [0, 0.05) is 11.8 Å². The van der Waals surface area contributed by atoms with E-state index in [0.29, 0.717) is 12.1 Å². The Hall–Kier alpha value is -0.410. The summed E-state index contributed by atoms with van der Waals surface area (Å²) in [5, 5.41) is 3.56. The first-order valence-electron chi connectivity index (χ1n) is 5.06. The molecule has 1 heterocycles. The molecule has 0 bridgehead atoms. The zero-order chi connectivity index (χ0) is 10.4. The van der Waals surface area contributed by atoms with Crippen LogP contribution in [0.1, 0.15) is 32.1 Å². The van der Waals surface area contributed by atoms with Crippen LogP contribution in [0.4, 0.5) is 0 Å². The standard InChI is InChI=1S/C11H19NOS/c1-4-10(8-14-3)12-9(2)11-6-5-7-13-11/h5-7,9-10,12H,4,8H2,1-3H3. The Balaban J connectivity index is 2.42. The average Bonchev–Trinajstić information content (AvgIpc) is 2.69. The van der Waals surface area contributed by atoms with Crippen molar-refractivity contribution in [3.05, 3.63) is 24.2 Å². The van der Waals surface area contributed by atoms with Gasteiger partial charge in [0.2, 0.25) is 0 Å². The van der Waals surface area contributed by atoms with Gasteiger partial charge in [0.15, 0.2) is 0 Å². The van der Waals surface area contributed by atoms with E-state index in [1.54, 1.807) is 6.26 Å². The molecule has 0 saturated heterocycles. The molecule has 0 aliphatic heterocycles. The highest BCUT2D eigenvalue weighted by atomic mass is 32.2. The van der Waals surface area contributed by atoms with Gasteiger partial charge in [-0.1, -0.05) is 6.92 Å². The smallest absolute Gasteiger partial charge is 0.120 e. The lowest BCUT2D eigenvalue weighted by atomic mass is 10.2. The molecule has 2 nitrogen and oxygen atoms in total. The van der Waals surface area contributed by atoms with Gasteiger partial charge in [-0.25, -0.2) is 0 Å². The summed E-state index contributed by atoms with van der Waals surface area (Å²) in [5.74, 6) is 2.17. The summed E-state index contributed by atoms with van der Waals surface area (Å²) >= 11 is 1.88. The fourth-order valence-electron chi connectivity index (χ4n) is 1.46. The highest BCUT2D eigenvalue weighted by molar-refractivity contribution is 7.98. The summed E-state index contributed by atoms with van der Waals surface area (Å²) in [5.41, 5.74) is 0. The fraction of sp³-hybridized carbons (Fsp3) is 0.636. The van der Waals surface area contributed by atoms with Crippen LogP contribution in [0.2, 0.25) is 0 Å². The number of nitrogens with one attached hydrogen (secondary N) is 1. The molecular weight excluding hydrogens is 194 g/mol. The second-order valence-corrected chi connectivity index (χ2v) is 4.37. The molecule has 0 aliphatic carbocycles. The molecule has 80 valence electrons. The van der Waals surface area contributed by atoms with Crippen molar-refractivity contribution in [2.45, 2.75) is 32.4 Å². The average molecular weight is 213 g/mol. The van der Waals surface area contributed by atoms with Crippen LogP contribution in [0, 0.1) is 0 Å². The largest absolute Gasteiger partial charge is 0.468 e. The van der Waals surface area contributed by atoms with Gasteiger partial charge in [0.1, 0.15) is 5.76 Å². The second-order valence-electron chi connectivity index (χ2n) is 3.46. The van der Waals surface area contributed by atoms with Gasteiger partial charge < -0.3 is 9.73 Å². The first-order chi connectivity index (χ1) is 6.77. The third-order valence-electron chi connectivity index (χ3n) is 2.32. The van der Waals surface area contributed by atoms with Gasteiger partial charge in [0.25, 0.3) is 0 Å². The monoisotopic (exact) mass is 213 g/mol. The van der Waals surface area contributed by atoms with E-state index in [-0.39, 0.29) is 0 Å². The highest BCUT2D eigenvalue weighted by Gasteiger charge is 2.12. The van der Waals surface area contributed by atoms with E-state index < -0.39 is 0 Å². The molecule has 14 heavy (non-hydrogen) atoms. The quantitative estimate of drug-likeness (QED) is 0.786. The Kier molecular flexibility index (Phi) is 5.12. The molecule has 0 saturated carbocycles. The molecule has 1 rings (SSSR count). The number of thioether (sulfide) groups is 1. The first-order valence-corrected chi connectivity index (χ1v) is 6.45. The molecule has 0 amide bonds. The van der Waals surface area contributed by atoms with Crippen LogP contribution in [0.3, 0.4) is 0 Å². The highest BCUT2D eigenvalue weighted by Crippen LogP contribution is 2.14. The fourth-order valence-corrected chi connectivity index (χ4v) is 2.19. The van der Waals surface area contributed by atoms with Gasteiger partial charge in [-0.15, -0.1) is 0 Å². The Morgan fingerprint density at radius 1 is 1.57 bits per heavy atom. The van der Waals surface area contributed by atoms with Crippen molar-refractivity contribution in [2.24, 2.45) is 0 Å². The zero-order valence-corrected chi connectivity index (χ0v) is 9.93. The van der Waals surface area contributed by atoms with Crippen molar-refractivity contribution < 1.29 is 4.42 Å². The normalized spacial score (nSPS) is 15.4. The molecule has 0 fully saturated rings. The topological polar surface area (TPSA) is 25.2 Å². The summed E-state index contributed by atoms with van der Waals surface area (Å²) in [4.78, 5) is 0. The molecular formula is C11H19NOS. The van der Waals surface area contributed by atoms with E-state index in [0.717, 1.165) is 17.9 Å². The van der Waals surface area contributed by atoms with Crippen LogP contribution in [0.5, 0.6) is 0 Å². The molecule has 0 aromatic carbocycles. The number of hydrogen-bond donors (Lipinski definition) is 1. The third kappa shape index (κ3) is 3.39. The SMILES string of the molecule is CCC(CSC)NC(C)c1ccco1.